The summed E-state index contributed by atoms with van der Waals surface area (Å²) in [5, 5.41) is 24.3. The van der Waals surface area contributed by atoms with E-state index < -0.39 is 11.7 Å². The number of carbonyl (C=O) groups is 1. The summed E-state index contributed by atoms with van der Waals surface area (Å²) in [6.07, 6.45) is 2.14. The van der Waals surface area contributed by atoms with Gasteiger partial charge in [-0.2, -0.15) is 0 Å². The molecule has 1 heterocycles. The van der Waals surface area contributed by atoms with Crippen molar-refractivity contribution in [3.63, 3.8) is 0 Å². The Hall–Kier alpha value is -1.30. The van der Waals surface area contributed by atoms with E-state index in [1.165, 1.54) is 4.90 Å². The lowest BCUT2D eigenvalue weighted by molar-refractivity contribution is -0.0432. The van der Waals surface area contributed by atoms with Gasteiger partial charge in [0.05, 0.1) is 5.60 Å². The van der Waals surface area contributed by atoms with Crippen LogP contribution < -0.4 is 5.32 Å². The van der Waals surface area contributed by atoms with E-state index in [0.29, 0.717) is 24.4 Å². The number of aliphatic hydroxyl groups is 1. The highest BCUT2D eigenvalue weighted by molar-refractivity contribution is 6.30. The van der Waals surface area contributed by atoms with Crippen LogP contribution >= 0.6 is 11.6 Å². The SMILES string of the molecule is CN(CCC[C@@](O)(c1cccc(Cl)c1)[C@@H]1CCCNC1)C(=O)O. The maximum Gasteiger partial charge on any atom is 0.407 e. The first kappa shape index (κ1) is 18.0. The summed E-state index contributed by atoms with van der Waals surface area (Å²) in [6.45, 7) is 2.14. The number of hydrogen-bond donors (Lipinski definition) is 3. The average Bonchev–Trinajstić information content (AvgIpc) is 2.55. The van der Waals surface area contributed by atoms with Crippen molar-refractivity contribution < 1.29 is 15.0 Å². The lowest BCUT2D eigenvalue weighted by atomic mass is 9.74. The van der Waals surface area contributed by atoms with Gasteiger partial charge in [-0.3, -0.25) is 0 Å². The summed E-state index contributed by atoms with van der Waals surface area (Å²) >= 11 is 6.10. The van der Waals surface area contributed by atoms with Crippen LogP contribution in [-0.4, -0.2) is 47.9 Å². The molecule has 0 aliphatic carbocycles. The number of rotatable bonds is 6. The molecule has 1 amide bonds. The number of carboxylic acid groups (broad SMARTS) is 1. The van der Waals surface area contributed by atoms with Crippen LogP contribution in [0, 0.1) is 5.92 Å². The van der Waals surface area contributed by atoms with Gasteiger partial charge in [0, 0.05) is 31.1 Å². The first-order chi connectivity index (χ1) is 10.9. The third-order valence-corrected chi connectivity index (χ3v) is 4.91. The molecule has 1 aromatic carbocycles. The molecule has 1 aromatic rings. The Morgan fingerprint density at radius 1 is 1.52 bits per heavy atom. The lowest BCUT2D eigenvalue weighted by Gasteiger charge is -2.39. The smallest absolute Gasteiger partial charge is 0.407 e. The number of halogens is 1. The van der Waals surface area contributed by atoms with E-state index in [-0.39, 0.29) is 5.92 Å². The largest absolute Gasteiger partial charge is 0.465 e. The standard InChI is InChI=1S/C17H25ClN2O3/c1-20(16(21)22)10-4-8-17(23,14-6-3-9-19-12-14)13-5-2-7-15(18)11-13/h2,5,7,11,14,19,23H,3-4,6,8-10,12H2,1H3,(H,21,22)/t14-,17-/m1/s1. The van der Waals surface area contributed by atoms with Gasteiger partial charge in [0.1, 0.15) is 0 Å². The number of amides is 1. The second-order valence-corrected chi connectivity index (χ2v) is 6.72. The predicted molar refractivity (Wildman–Crippen MR) is 90.8 cm³/mol. The van der Waals surface area contributed by atoms with Crippen molar-refractivity contribution in [1.29, 1.82) is 0 Å². The quantitative estimate of drug-likeness (QED) is 0.744. The van der Waals surface area contributed by atoms with Gasteiger partial charge in [-0.15, -0.1) is 0 Å². The summed E-state index contributed by atoms with van der Waals surface area (Å²) in [7, 11) is 1.54. The van der Waals surface area contributed by atoms with Crippen LogP contribution in [0.4, 0.5) is 4.79 Å². The van der Waals surface area contributed by atoms with Crippen LogP contribution in [0.1, 0.15) is 31.2 Å². The van der Waals surface area contributed by atoms with Gasteiger partial charge < -0.3 is 20.4 Å². The van der Waals surface area contributed by atoms with Crippen molar-refractivity contribution in [3.05, 3.63) is 34.9 Å². The van der Waals surface area contributed by atoms with E-state index in [9.17, 15) is 9.90 Å². The molecule has 0 aromatic heterocycles. The maximum absolute atomic E-state index is 11.4. The summed E-state index contributed by atoms with van der Waals surface area (Å²) in [5.74, 6) is 0.102. The lowest BCUT2D eigenvalue weighted by Crippen LogP contribution is -2.44. The molecule has 3 N–H and O–H groups in total. The first-order valence-corrected chi connectivity index (χ1v) is 8.44. The Morgan fingerprint density at radius 3 is 2.91 bits per heavy atom. The summed E-state index contributed by atoms with van der Waals surface area (Å²) < 4.78 is 0. The summed E-state index contributed by atoms with van der Waals surface area (Å²) in [6, 6.07) is 7.36. The van der Waals surface area contributed by atoms with Gasteiger partial charge in [0.25, 0.3) is 0 Å². The predicted octanol–water partition coefficient (Wildman–Crippen LogP) is 2.92. The fourth-order valence-corrected chi connectivity index (χ4v) is 3.47. The van der Waals surface area contributed by atoms with E-state index >= 15 is 0 Å². The first-order valence-electron chi connectivity index (χ1n) is 8.06. The Bertz CT molecular complexity index is 534. The molecule has 23 heavy (non-hydrogen) atoms. The topological polar surface area (TPSA) is 72.8 Å². The van der Waals surface area contributed by atoms with Crippen LogP contribution in [-0.2, 0) is 5.60 Å². The Labute approximate surface area is 142 Å². The van der Waals surface area contributed by atoms with Crippen LogP contribution in [0.15, 0.2) is 24.3 Å². The van der Waals surface area contributed by atoms with Crippen molar-refractivity contribution in [1.82, 2.24) is 10.2 Å². The molecule has 1 fully saturated rings. The minimum absolute atomic E-state index is 0.102. The van der Waals surface area contributed by atoms with Crippen molar-refractivity contribution in [2.24, 2.45) is 5.92 Å². The molecule has 0 radical (unpaired) electrons. The van der Waals surface area contributed by atoms with Crippen molar-refractivity contribution in [2.75, 3.05) is 26.7 Å². The molecule has 6 heteroatoms. The molecule has 1 aliphatic heterocycles. The molecule has 0 spiro atoms. The zero-order valence-electron chi connectivity index (χ0n) is 13.5. The van der Waals surface area contributed by atoms with Gasteiger partial charge in [0.2, 0.25) is 0 Å². The van der Waals surface area contributed by atoms with Crippen molar-refractivity contribution in [2.45, 2.75) is 31.3 Å². The van der Waals surface area contributed by atoms with Crippen molar-refractivity contribution >= 4 is 17.7 Å². The molecule has 0 bridgehead atoms. The fraction of sp³-hybridized carbons (Fsp3) is 0.588. The second kappa shape index (κ2) is 7.99. The third-order valence-electron chi connectivity index (χ3n) is 4.67. The second-order valence-electron chi connectivity index (χ2n) is 6.29. The number of nitrogens with zero attached hydrogens (tertiary/aromatic N) is 1. The molecule has 0 saturated carbocycles. The number of hydrogen-bond acceptors (Lipinski definition) is 3. The Balaban J connectivity index is 2.15. The normalized spacial score (nSPS) is 20.7. The van der Waals surface area contributed by atoms with E-state index in [1.807, 2.05) is 18.2 Å². The van der Waals surface area contributed by atoms with Crippen LogP contribution in [0.2, 0.25) is 5.02 Å². The van der Waals surface area contributed by atoms with Gasteiger partial charge in [0.15, 0.2) is 0 Å². The van der Waals surface area contributed by atoms with Crippen LogP contribution in [0.5, 0.6) is 0 Å². The molecule has 128 valence electrons. The zero-order chi connectivity index (χ0) is 16.9. The van der Waals surface area contributed by atoms with Gasteiger partial charge in [-0.1, -0.05) is 23.7 Å². The molecule has 0 unspecified atom stereocenters. The van der Waals surface area contributed by atoms with Crippen LogP contribution in [0.25, 0.3) is 0 Å². The van der Waals surface area contributed by atoms with E-state index in [2.05, 4.69) is 5.32 Å². The Kier molecular flexibility index (Phi) is 6.27. The Morgan fingerprint density at radius 2 is 2.30 bits per heavy atom. The van der Waals surface area contributed by atoms with E-state index in [0.717, 1.165) is 31.5 Å². The highest BCUT2D eigenvalue weighted by atomic mass is 35.5. The minimum Gasteiger partial charge on any atom is -0.465 e. The van der Waals surface area contributed by atoms with Crippen molar-refractivity contribution in [3.8, 4) is 0 Å². The highest BCUT2D eigenvalue weighted by Crippen LogP contribution is 2.38. The number of nitrogens with one attached hydrogen (secondary N) is 1. The zero-order valence-corrected chi connectivity index (χ0v) is 14.2. The van der Waals surface area contributed by atoms with Crippen LogP contribution in [0.3, 0.4) is 0 Å². The maximum atomic E-state index is 11.4. The number of benzene rings is 1. The monoisotopic (exact) mass is 340 g/mol. The summed E-state index contributed by atoms with van der Waals surface area (Å²) in [5.41, 5.74) is -0.172. The third kappa shape index (κ3) is 4.59. The van der Waals surface area contributed by atoms with Gasteiger partial charge >= 0.3 is 6.09 Å². The molecular formula is C17H25ClN2O3. The average molecular weight is 341 g/mol. The van der Waals surface area contributed by atoms with E-state index in [4.69, 9.17) is 16.7 Å². The molecule has 2 atom stereocenters. The molecule has 1 saturated heterocycles. The minimum atomic E-state index is -0.988. The highest BCUT2D eigenvalue weighted by Gasteiger charge is 2.38. The van der Waals surface area contributed by atoms with Gasteiger partial charge in [-0.05, 0) is 49.9 Å². The molecule has 2 rings (SSSR count). The summed E-state index contributed by atoms with van der Waals surface area (Å²) in [4.78, 5) is 12.2. The van der Waals surface area contributed by atoms with E-state index in [1.54, 1.807) is 13.1 Å². The molecular weight excluding hydrogens is 316 g/mol. The van der Waals surface area contributed by atoms with Gasteiger partial charge in [-0.25, -0.2) is 4.79 Å². The molecule has 5 nitrogen and oxygen atoms in total. The number of piperidine rings is 1. The molecule has 1 aliphatic rings. The fourth-order valence-electron chi connectivity index (χ4n) is 3.28.